The van der Waals surface area contributed by atoms with Gasteiger partial charge < -0.3 is 10.1 Å². The van der Waals surface area contributed by atoms with Crippen molar-refractivity contribution in [3.05, 3.63) is 0 Å². The summed E-state index contributed by atoms with van der Waals surface area (Å²) in [5.74, 6) is 0. The smallest absolute Gasteiger partial charge is 0.415 e. The molecule has 58 valence electrons. The molecule has 0 rings (SSSR count). The summed E-state index contributed by atoms with van der Waals surface area (Å²) < 4.78 is 4.16. The number of carbonyl (C=O) groups excluding carboxylic acids is 2. The number of carbonyl (C=O) groups is 2. The van der Waals surface area contributed by atoms with Crippen LogP contribution in [0.5, 0.6) is 0 Å². The Morgan fingerprint density at radius 1 is 1.50 bits per heavy atom. The van der Waals surface area contributed by atoms with Crippen molar-refractivity contribution < 1.29 is 14.3 Å². The Kier molecular flexibility index (Phi) is 4.02. The first-order valence-corrected chi connectivity index (χ1v) is 2.83. The summed E-state index contributed by atoms with van der Waals surface area (Å²) >= 11 is 0. The normalized spacial score (nSPS) is 8.20. The minimum absolute atomic E-state index is 0.475. The average molecular weight is 146 g/mol. The monoisotopic (exact) mass is 146 g/mol. The molecule has 0 aliphatic heterocycles. The number of rotatable bonds is 1. The maximum absolute atomic E-state index is 10.5. The van der Waals surface area contributed by atoms with Crippen LogP contribution >= 0.6 is 0 Å². The number of nitrogens with one attached hydrogen (secondary N) is 2. The third-order valence-electron chi connectivity index (χ3n) is 0.738. The van der Waals surface area contributed by atoms with Gasteiger partial charge in [0.2, 0.25) is 0 Å². The number of hydrogen-bond donors (Lipinski definition) is 2. The summed E-state index contributed by atoms with van der Waals surface area (Å²) in [5.41, 5.74) is 0. The lowest BCUT2D eigenvalue weighted by Crippen LogP contribution is -2.39. The van der Waals surface area contributed by atoms with Gasteiger partial charge in [-0.2, -0.15) is 0 Å². The summed E-state index contributed by atoms with van der Waals surface area (Å²) in [5, 5.41) is 4.28. The second-order valence-corrected chi connectivity index (χ2v) is 1.48. The highest BCUT2D eigenvalue weighted by atomic mass is 16.5. The zero-order chi connectivity index (χ0) is 7.98. The highest BCUT2D eigenvalue weighted by Crippen LogP contribution is 1.70. The van der Waals surface area contributed by atoms with Gasteiger partial charge in [-0.3, -0.25) is 0 Å². The molecule has 0 aliphatic carbocycles. The molecule has 0 fully saturated rings. The lowest BCUT2D eigenvalue weighted by molar-refractivity contribution is 0.170. The Labute approximate surface area is 58.7 Å². The molecule has 0 bridgehead atoms. The topological polar surface area (TPSA) is 67.4 Å². The van der Waals surface area contributed by atoms with Crippen molar-refractivity contribution in [1.82, 2.24) is 10.6 Å². The largest absolute Gasteiger partial charge is 0.453 e. The van der Waals surface area contributed by atoms with E-state index in [0.717, 1.165) is 0 Å². The van der Waals surface area contributed by atoms with Gasteiger partial charge in [0.15, 0.2) is 0 Å². The Hall–Kier alpha value is -1.26. The average Bonchev–Trinajstić information content (AvgIpc) is 1.88. The molecule has 0 saturated heterocycles. The lowest BCUT2D eigenvalue weighted by atomic mass is 10.7. The van der Waals surface area contributed by atoms with E-state index in [0.29, 0.717) is 6.54 Å². The maximum atomic E-state index is 10.5. The van der Waals surface area contributed by atoms with Crippen LogP contribution in [-0.4, -0.2) is 25.8 Å². The number of imide groups is 1. The molecular weight excluding hydrogens is 136 g/mol. The predicted octanol–water partition coefficient (Wildman–Crippen LogP) is 0.0719. The van der Waals surface area contributed by atoms with Gasteiger partial charge in [0.1, 0.15) is 0 Å². The number of ether oxygens (including phenoxy) is 1. The van der Waals surface area contributed by atoms with Gasteiger partial charge in [0, 0.05) is 6.54 Å². The van der Waals surface area contributed by atoms with Gasteiger partial charge in [0.05, 0.1) is 7.11 Å². The standard InChI is InChI=1S/C5H10N2O3/c1-3-6-4(8)7-5(9)10-2/h3H2,1-2H3,(H2,6,7,8,9). The van der Waals surface area contributed by atoms with Crippen LogP contribution in [0.25, 0.3) is 0 Å². The second-order valence-electron chi connectivity index (χ2n) is 1.48. The Morgan fingerprint density at radius 2 is 2.10 bits per heavy atom. The van der Waals surface area contributed by atoms with E-state index in [1.165, 1.54) is 7.11 Å². The SMILES string of the molecule is CCNC(=O)NC(=O)OC. The van der Waals surface area contributed by atoms with Crippen LogP contribution in [0.3, 0.4) is 0 Å². The molecule has 0 unspecified atom stereocenters. The zero-order valence-electron chi connectivity index (χ0n) is 5.93. The van der Waals surface area contributed by atoms with Crippen LogP contribution in [0.15, 0.2) is 0 Å². The lowest BCUT2D eigenvalue weighted by Gasteiger charge is -2.01. The molecule has 0 saturated carbocycles. The maximum Gasteiger partial charge on any atom is 0.415 e. The number of methoxy groups -OCH3 is 1. The molecule has 5 nitrogen and oxygen atoms in total. The van der Waals surface area contributed by atoms with Gasteiger partial charge in [-0.25, -0.2) is 14.9 Å². The van der Waals surface area contributed by atoms with Gasteiger partial charge in [-0.05, 0) is 6.92 Å². The van der Waals surface area contributed by atoms with Crippen molar-refractivity contribution >= 4 is 12.1 Å². The van der Waals surface area contributed by atoms with Crippen LogP contribution in [-0.2, 0) is 4.74 Å². The highest BCUT2D eigenvalue weighted by molar-refractivity contribution is 5.90. The van der Waals surface area contributed by atoms with Gasteiger partial charge in [-0.1, -0.05) is 0 Å². The molecule has 0 radical (unpaired) electrons. The first-order chi connectivity index (χ1) is 4.70. The number of alkyl carbamates (subject to hydrolysis) is 1. The quantitative estimate of drug-likeness (QED) is 0.550. The Morgan fingerprint density at radius 3 is 2.50 bits per heavy atom. The van der Waals surface area contributed by atoms with Crippen LogP contribution < -0.4 is 10.6 Å². The first-order valence-electron chi connectivity index (χ1n) is 2.83. The van der Waals surface area contributed by atoms with E-state index in [1.54, 1.807) is 6.92 Å². The van der Waals surface area contributed by atoms with E-state index < -0.39 is 12.1 Å². The molecule has 0 aromatic carbocycles. The number of urea groups is 1. The van der Waals surface area contributed by atoms with Crippen molar-refractivity contribution in [3.63, 3.8) is 0 Å². The third-order valence-corrected chi connectivity index (χ3v) is 0.738. The van der Waals surface area contributed by atoms with Crippen molar-refractivity contribution in [2.45, 2.75) is 6.92 Å². The molecule has 2 N–H and O–H groups in total. The van der Waals surface area contributed by atoms with E-state index in [4.69, 9.17) is 0 Å². The Bertz CT molecular complexity index is 135. The van der Waals surface area contributed by atoms with Crippen molar-refractivity contribution in [3.8, 4) is 0 Å². The zero-order valence-corrected chi connectivity index (χ0v) is 5.93. The number of amides is 3. The molecule has 3 amide bonds. The fourth-order valence-corrected chi connectivity index (χ4v) is 0.348. The minimum Gasteiger partial charge on any atom is -0.453 e. The van der Waals surface area contributed by atoms with Gasteiger partial charge in [-0.15, -0.1) is 0 Å². The molecule has 0 atom stereocenters. The van der Waals surface area contributed by atoms with Crippen LogP contribution in [0.4, 0.5) is 9.59 Å². The summed E-state index contributed by atoms with van der Waals surface area (Å²) in [6, 6.07) is -0.547. The fourth-order valence-electron chi connectivity index (χ4n) is 0.348. The summed E-state index contributed by atoms with van der Waals surface area (Å²) in [7, 11) is 1.19. The van der Waals surface area contributed by atoms with Crippen LogP contribution in [0, 0.1) is 0 Å². The van der Waals surface area contributed by atoms with Crippen LogP contribution in [0.1, 0.15) is 6.92 Å². The van der Waals surface area contributed by atoms with Gasteiger partial charge in [0.25, 0.3) is 0 Å². The third kappa shape index (κ3) is 3.71. The first kappa shape index (κ1) is 8.74. The van der Waals surface area contributed by atoms with E-state index in [1.807, 2.05) is 5.32 Å². The molecule has 0 heterocycles. The summed E-state index contributed by atoms with van der Waals surface area (Å²) in [6.45, 7) is 2.22. The minimum atomic E-state index is -0.758. The fraction of sp³-hybridized carbons (Fsp3) is 0.600. The molecule has 0 aromatic rings. The molecule has 0 aliphatic rings. The molecular formula is C5H10N2O3. The highest BCUT2D eigenvalue weighted by Gasteiger charge is 2.03. The van der Waals surface area contributed by atoms with Gasteiger partial charge >= 0.3 is 12.1 Å². The Balaban J connectivity index is 3.47. The van der Waals surface area contributed by atoms with Crippen molar-refractivity contribution in [2.24, 2.45) is 0 Å². The molecule has 10 heavy (non-hydrogen) atoms. The number of hydrogen-bond acceptors (Lipinski definition) is 3. The van der Waals surface area contributed by atoms with E-state index >= 15 is 0 Å². The van der Waals surface area contributed by atoms with Crippen molar-refractivity contribution in [1.29, 1.82) is 0 Å². The summed E-state index contributed by atoms with van der Waals surface area (Å²) in [6.07, 6.45) is -0.758. The van der Waals surface area contributed by atoms with E-state index in [9.17, 15) is 9.59 Å². The van der Waals surface area contributed by atoms with Crippen molar-refractivity contribution in [2.75, 3.05) is 13.7 Å². The molecule has 0 aromatic heterocycles. The van der Waals surface area contributed by atoms with Crippen LogP contribution in [0.2, 0.25) is 0 Å². The molecule has 5 heteroatoms. The second kappa shape index (κ2) is 4.60. The molecule has 0 spiro atoms. The predicted molar refractivity (Wildman–Crippen MR) is 34.6 cm³/mol. The van der Waals surface area contributed by atoms with E-state index in [-0.39, 0.29) is 0 Å². The van der Waals surface area contributed by atoms with E-state index in [2.05, 4.69) is 10.1 Å². The summed E-state index contributed by atoms with van der Waals surface area (Å²) in [4.78, 5) is 20.8.